The maximum absolute atomic E-state index is 12.5. The molecule has 1 N–H and O–H groups in total. The molecule has 28 heavy (non-hydrogen) atoms. The van der Waals surface area contributed by atoms with Crippen molar-refractivity contribution in [3.05, 3.63) is 90.5 Å². The van der Waals surface area contributed by atoms with Crippen LogP contribution in [0.25, 0.3) is 0 Å². The van der Waals surface area contributed by atoms with Crippen LogP contribution in [0.1, 0.15) is 18.4 Å². The van der Waals surface area contributed by atoms with Gasteiger partial charge in [-0.15, -0.1) is 11.8 Å². The molecule has 0 aliphatic carbocycles. The molecule has 1 unspecified atom stereocenters. The number of hydrogen-bond donors (Lipinski definition) is 1. The van der Waals surface area contributed by atoms with Crippen molar-refractivity contribution in [3.63, 3.8) is 0 Å². The summed E-state index contributed by atoms with van der Waals surface area (Å²) >= 11 is 1.76. The van der Waals surface area contributed by atoms with Gasteiger partial charge in [-0.05, 0) is 54.1 Å². The monoisotopic (exact) mass is 409 g/mol. The molecule has 0 fully saturated rings. The van der Waals surface area contributed by atoms with Gasteiger partial charge in [0, 0.05) is 21.9 Å². The first kappa shape index (κ1) is 20.4. The summed E-state index contributed by atoms with van der Waals surface area (Å²) in [5.41, 5.74) is 1.70. The molecule has 0 aliphatic rings. The summed E-state index contributed by atoms with van der Waals surface area (Å²) < 4.78 is 12.5. The molecule has 0 aliphatic heterocycles. The lowest BCUT2D eigenvalue weighted by Gasteiger charge is -2.08. The van der Waals surface area contributed by atoms with Crippen molar-refractivity contribution in [1.82, 2.24) is 0 Å². The number of carbonyl (C=O) groups is 1. The predicted octanol–water partition coefficient (Wildman–Crippen LogP) is 5.51. The summed E-state index contributed by atoms with van der Waals surface area (Å²) in [6.45, 7) is 0. The first-order valence-electron chi connectivity index (χ1n) is 9.21. The van der Waals surface area contributed by atoms with Crippen LogP contribution in [-0.4, -0.2) is 15.9 Å². The Morgan fingerprint density at radius 3 is 2.36 bits per heavy atom. The van der Waals surface area contributed by atoms with Gasteiger partial charge in [0.2, 0.25) is 5.91 Å². The zero-order valence-corrected chi connectivity index (χ0v) is 17.2. The highest BCUT2D eigenvalue weighted by molar-refractivity contribution is 7.99. The fraction of sp³-hybridized carbons (Fsp3) is 0.174. The van der Waals surface area contributed by atoms with Crippen molar-refractivity contribution in [2.45, 2.75) is 28.4 Å². The molecular formula is C23H23NO2S2. The number of benzene rings is 3. The van der Waals surface area contributed by atoms with E-state index in [-0.39, 0.29) is 5.91 Å². The average Bonchev–Trinajstić information content (AvgIpc) is 2.73. The Bertz CT molecular complexity index is 914. The van der Waals surface area contributed by atoms with Gasteiger partial charge < -0.3 is 5.32 Å². The van der Waals surface area contributed by atoms with Crippen molar-refractivity contribution in [3.8, 4) is 0 Å². The second-order valence-electron chi connectivity index (χ2n) is 6.32. The molecule has 1 amide bonds. The van der Waals surface area contributed by atoms with Crippen molar-refractivity contribution >= 4 is 34.2 Å². The number of anilines is 1. The van der Waals surface area contributed by atoms with Crippen LogP contribution in [0, 0.1) is 0 Å². The van der Waals surface area contributed by atoms with E-state index in [2.05, 4.69) is 17.4 Å². The van der Waals surface area contributed by atoms with E-state index in [1.165, 1.54) is 4.90 Å². The van der Waals surface area contributed by atoms with Crippen molar-refractivity contribution in [2.24, 2.45) is 0 Å². The number of carbonyl (C=O) groups excluding carboxylic acids is 1. The maximum atomic E-state index is 12.5. The molecule has 5 heteroatoms. The third kappa shape index (κ3) is 6.66. The van der Waals surface area contributed by atoms with E-state index in [1.807, 2.05) is 72.8 Å². The van der Waals surface area contributed by atoms with Gasteiger partial charge in [0.15, 0.2) is 0 Å². The Morgan fingerprint density at radius 2 is 1.61 bits per heavy atom. The van der Waals surface area contributed by atoms with Crippen LogP contribution >= 0.6 is 11.8 Å². The summed E-state index contributed by atoms with van der Waals surface area (Å²) in [5, 5.41) is 2.95. The molecule has 0 saturated carbocycles. The number of hydrogen-bond acceptors (Lipinski definition) is 3. The number of thioether (sulfide) groups is 1. The highest BCUT2D eigenvalue weighted by Crippen LogP contribution is 2.19. The van der Waals surface area contributed by atoms with Gasteiger partial charge >= 0.3 is 0 Å². The molecule has 0 radical (unpaired) electrons. The molecule has 144 valence electrons. The van der Waals surface area contributed by atoms with Crippen molar-refractivity contribution in [1.29, 1.82) is 0 Å². The van der Waals surface area contributed by atoms with E-state index in [4.69, 9.17) is 0 Å². The SMILES string of the molecule is O=C(CCCSc1ccccc1)Nc1cccc(CS(=O)c2ccccc2)c1. The van der Waals surface area contributed by atoms with Gasteiger partial charge in [0.1, 0.15) is 0 Å². The molecule has 3 aromatic carbocycles. The number of nitrogens with one attached hydrogen (secondary N) is 1. The average molecular weight is 410 g/mol. The van der Waals surface area contributed by atoms with E-state index in [0.29, 0.717) is 12.2 Å². The van der Waals surface area contributed by atoms with E-state index >= 15 is 0 Å². The molecule has 3 nitrogen and oxygen atoms in total. The van der Waals surface area contributed by atoms with Crippen LogP contribution in [0.4, 0.5) is 5.69 Å². The van der Waals surface area contributed by atoms with Crippen molar-refractivity contribution < 1.29 is 9.00 Å². The Kier molecular flexibility index (Phi) is 7.88. The standard InChI is InChI=1S/C23H23NO2S2/c25-23(15-8-16-27-21-11-3-1-4-12-21)24-20-10-7-9-19(17-20)18-28(26)22-13-5-2-6-14-22/h1-7,9-14,17H,8,15-16,18H2,(H,24,25). The van der Waals surface area contributed by atoms with Gasteiger partial charge in [-0.3, -0.25) is 9.00 Å². The first-order chi connectivity index (χ1) is 13.7. The summed E-state index contributed by atoms with van der Waals surface area (Å²) in [6.07, 6.45) is 1.31. The second-order valence-corrected chi connectivity index (χ2v) is 8.94. The lowest BCUT2D eigenvalue weighted by atomic mass is 10.2. The molecule has 0 heterocycles. The van der Waals surface area contributed by atoms with E-state index in [0.717, 1.165) is 28.3 Å². The molecule has 1 atom stereocenters. The molecule has 0 saturated heterocycles. The summed E-state index contributed by atoms with van der Waals surface area (Å²) in [4.78, 5) is 14.2. The highest BCUT2D eigenvalue weighted by Gasteiger charge is 2.07. The quantitative estimate of drug-likeness (QED) is 0.375. The second kappa shape index (κ2) is 10.8. The normalized spacial score (nSPS) is 11.7. The van der Waals surface area contributed by atoms with Gasteiger partial charge in [0.05, 0.1) is 16.6 Å². The maximum Gasteiger partial charge on any atom is 0.224 e. The molecular weight excluding hydrogens is 386 g/mol. The predicted molar refractivity (Wildman–Crippen MR) is 118 cm³/mol. The molecule has 0 bridgehead atoms. The zero-order chi connectivity index (χ0) is 19.6. The molecule has 3 rings (SSSR count). The Morgan fingerprint density at radius 1 is 0.893 bits per heavy atom. The Labute approximate surface area is 173 Å². The minimum atomic E-state index is -1.10. The van der Waals surface area contributed by atoms with Crippen LogP contribution in [0.5, 0.6) is 0 Å². The summed E-state index contributed by atoms with van der Waals surface area (Å²) in [6, 6.07) is 27.2. The fourth-order valence-corrected chi connectivity index (χ4v) is 4.69. The van der Waals surface area contributed by atoms with Crippen LogP contribution in [0.2, 0.25) is 0 Å². The van der Waals surface area contributed by atoms with Gasteiger partial charge in [-0.25, -0.2) is 0 Å². The first-order valence-corrected chi connectivity index (χ1v) is 11.5. The zero-order valence-electron chi connectivity index (χ0n) is 15.5. The fourth-order valence-electron chi connectivity index (χ4n) is 2.71. The van der Waals surface area contributed by atoms with Crippen LogP contribution in [0.3, 0.4) is 0 Å². The summed E-state index contributed by atoms with van der Waals surface area (Å²) in [7, 11) is -1.10. The van der Waals surface area contributed by atoms with Crippen LogP contribution in [-0.2, 0) is 21.3 Å². The van der Waals surface area contributed by atoms with E-state index in [9.17, 15) is 9.00 Å². The summed E-state index contributed by atoms with van der Waals surface area (Å²) in [5.74, 6) is 1.35. The third-order valence-electron chi connectivity index (χ3n) is 4.07. The highest BCUT2D eigenvalue weighted by atomic mass is 32.2. The molecule has 0 aromatic heterocycles. The van der Waals surface area contributed by atoms with E-state index < -0.39 is 10.8 Å². The lowest BCUT2D eigenvalue weighted by Crippen LogP contribution is -2.11. The van der Waals surface area contributed by atoms with Gasteiger partial charge in [-0.2, -0.15) is 0 Å². The Hall–Kier alpha value is -2.37. The molecule has 3 aromatic rings. The van der Waals surface area contributed by atoms with Gasteiger partial charge in [0.25, 0.3) is 0 Å². The largest absolute Gasteiger partial charge is 0.326 e. The minimum Gasteiger partial charge on any atom is -0.326 e. The third-order valence-corrected chi connectivity index (χ3v) is 6.57. The number of amides is 1. The van der Waals surface area contributed by atoms with Crippen LogP contribution in [0.15, 0.2) is 94.7 Å². The van der Waals surface area contributed by atoms with Crippen molar-refractivity contribution in [2.75, 3.05) is 11.1 Å². The smallest absolute Gasteiger partial charge is 0.224 e. The Balaban J connectivity index is 1.46. The minimum absolute atomic E-state index is 0.00925. The van der Waals surface area contributed by atoms with Gasteiger partial charge in [-0.1, -0.05) is 48.5 Å². The lowest BCUT2D eigenvalue weighted by molar-refractivity contribution is -0.116. The molecule has 0 spiro atoms. The number of rotatable bonds is 9. The van der Waals surface area contributed by atoms with E-state index in [1.54, 1.807) is 11.8 Å². The van der Waals surface area contributed by atoms with Crippen LogP contribution < -0.4 is 5.32 Å². The topological polar surface area (TPSA) is 46.2 Å².